The number of ether oxygens (including phenoxy) is 1. The van der Waals surface area contributed by atoms with E-state index in [-0.39, 0.29) is 23.1 Å². The number of nitrogens with zero attached hydrogens (tertiary/aromatic N) is 3. The fraction of sp³-hybridized carbons (Fsp3) is 0.250. The van der Waals surface area contributed by atoms with Gasteiger partial charge in [0.1, 0.15) is 11.4 Å². The van der Waals surface area contributed by atoms with Crippen LogP contribution in [0.25, 0.3) is 11.5 Å². The molecule has 0 unspecified atom stereocenters. The van der Waals surface area contributed by atoms with Crippen LogP contribution in [0.5, 0.6) is 5.75 Å². The van der Waals surface area contributed by atoms with Gasteiger partial charge in [0.05, 0.1) is 30.6 Å². The van der Waals surface area contributed by atoms with Gasteiger partial charge in [0.25, 0.3) is 5.91 Å². The summed E-state index contributed by atoms with van der Waals surface area (Å²) in [6.45, 7) is 3.68. The number of H-pyrrole nitrogens is 2. The predicted octanol–water partition coefficient (Wildman–Crippen LogP) is 2.46. The zero-order chi connectivity index (χ0) is 18.8. The summed E-state index contributed by atoms with van der Waals surface area (Å²) in [5, 5.41) is 14.0. The van der Waals surface area contributed by atoms with Crippen LogP contribution in [-0.4, -0.2) is 38.0 Å². The number of anilines is 1. The quantitative estimate of drug-likeness (QED) is 0.632. The van der Waals surface area contributed by atoms with E-state index in [4.69, 9.17) is 16.3 Å². The van der Waals surface area contributed by atoms with Gasteiger partial charge in [0, 0.05) is 5.02 Å². The number of methoxy groups -OCH3 is 1. The number of hydrogen-bond acceptors (Lipinski definition) is 5. The number of aromatic nitrogens is 5. The first kappa shape index (κ1) is 17.7. The summed E-state index contributed by atoms with van der Waals surface area (Å²) in [4.78, 5) is 27.2. The minimum absolute atomic E-state index is 0.107. The van der Waals surface area contributed by atoms with Gasteiger partial charge in [-0.2, -0.15) is 5.10 Å². The number of amides is 1. The zero-order valence-corrected chi connectivity index (χ0v) is 15.1. The highest BCUT2D eigenvalue weighted by Gasteiger charge is 2.19. The summed E-state index contributed by atoms with van der Waals surface area (Å²) in [6, 6.07) is 4.63. The van der Waals surface area contributed by atoms with Gasteiger partial charge in [0.2, 0.25) is 0 Å². The molecule has 1 aromatic carbocycles. The zero-order valence-electron chi connectivity index (χ0n) is 14.3. The lowest BCUT2D eigenvalue weighted by Gasteiger charge is -2.09. The van der Waals surface area contributed by atoms with Gasteiger partial charge in [-0.1, -0.05) is 11.6 Å². The van der Waals surface area contributed by atoms with Crippen LogP contribution in [0.15, 0.2) is 29.2 Å². The lowest BCUT2D eigenvalue weighted by atomic mass is 10.2. The fourth-order valence-electron chi connectivity index (χ4n) is 2.41. The van der Waals surface area contributed by atoms with Crippen LogP contribution in [0, 0.1) is 0 Å². The molecule has 0 fully saturated rings. The molecule has 0 aliphatic heterocycles. The van der Waals surface area contributed by atoms with Gasteiger partial charge in [-0.25, -0.2) is 9.48 Å². The van der Waals surface area contributed by atoms with Crippen LogP contribution in [0.4, 0.5) is 5.69 Å². The first-order chi connectivity index (χ1) is 12.4. The van der Waals surface area contributed by atoms with Crippen molar-refractivity contribution in [1.82, 2.24) is 25.0 Å². The average molecular weight is 377 g/mol. The lowest BCUT2D eigenvalue weighted by molar-refractivity contribution is 0.102. The fourth-order valence-corrected chi connectivity index (χ4v) is 2.58. The monoisotopic (exact) mass is 376 g/mol. The SMILES string of the molecule is COc1ccc(Cl)cc1C(=O)Nc1cn[nH]c1-c1nn(C(C)C)c(=O)[nH]1. The topological polar surface area (TPSA) is 118 Å². The van der Waals surface area contributed by atoms with Gasteiger partial charge in [-0.15, -0.1) is 5.10 Å². The Balaban J connectivity index is 1.93. The molecule has 0 atom stereocenters. The second kappa shape index (κ2) is 7.04. The highest BCUT2D eigenvalue weighted by atomic mass is 35.5. The largest absolute Gasteiger partial charge is 0.496 e. The van der Waals surface area contributed by atoms with Crippen molar-refractivity contribution in [2.75, 3.05) is 12.4 Å². The van der Waals surface area contributed by atoms with Gasteiger partial charge < -0.3 is 10.1 Å². The molecule has 0 radical (unpaired) electrons. The minimum atomic E-state index is -0.433. The molecule has 0 spiro atoms. The Bertz CT molecular complexity index is 1000. The van der Waals surface area contributed by atoms with Crippen molar-refractivity contribution in [3.8, 4) is 17.3 Å². The van der Waals surface area contributed by atoms with Crippen LogP contribution in [-0.2, 0) is 0 Å². The molecule has 10 heteroatoms. The molecule has 9 nitrogen and oxygen atoms in total. The van der Waals surface area contributed by atoms with Crippen LogP contribution < -0.4 is 15.7 Å². The molecule has 2 heterocycles. The van der Waals surface area contributed by atoms with Crippen molar-refractivity contribution >= 4 is 23.2 Å². The molecule has 136 valence electrons. The molecule has 0 saturated heterocycles. The summed E-state index contributed by atoms with van der Waals surface area (Å²) in [5.41, 5.74) is 0.671. The van der Waals surface area contributed by atoms with Gasteiger partial charge in [0.15, 0.2) is 5.82 Å². The Morgan fingerprint density at radius 3 is 2.81 bits per heavy atom. The van der Waals surface area contributed by atoms with Gasteiger partial charge in [-0.3, -0.25) is 14.9 Å². The Kier molecular flexibility index (Phi) is 4.81. The Hall–Kier alpha value is -3.07. The van der Waals surface area contributed by atoms with Crippen molar-refractivity contribution in [1.29, 1.82) is 0 Å². The van der Waals surface area contributed by atoms with Crippen molar-refractivity contribution in [2.45, 2.75) is 19.9 Å². The third kappa shape index (κ3) is 3.33. The van der Waals surface area contributed by atoms with Crippen LogP contribution in [0.2, 0.25) is 5.02 Å². The third-order valence-electron chi connectivity index (χ3n) is 3.66. The average Bonchev–Trinajstić information content (AvgIpc) is 3.21. The second-order valence-corrected chi connectivity index (χ2v) is 6.21. The smallest absolute Gasteiger partial charge is 0.343 e. The van der Waals surface area contributed by atoms with Crippen molar-refractivity contribution < 1.29 is 9.53 Å². The number of carbonyl (C=O) groups excluding carboxylic acids is 1. The third-order valence-corrected chi connectivity index (χ3v) is 3.90. The maximum absolute atomic E-state index is 12.6. The summed E-state index contributed by atoms with van der Waals surface area (Å²) in [6.07, 6.45) is 1.43. The second-order valence-electron chi connectivity index (χ2n) is 5.77. The van der Waals surface area contributed by atoms with E-state index in [0.717, 1.165) is 0 Å². The first-order valence-corrected chi connectivity index (χ1v) is 8.16. The number of aromatic amines is 2. The molecule has 0 bridgehead atoms. The highest BCUT2D eigenvalue weighted by molar-refractivity contribution is 6.31. The number of carbonyl (C=O) groups is 1. The molecular weight excluding hydrogens is 360 g/mol. The van der Waals surface area contributed by atoms with Crippen LogP contribution in [0.3, 0.4) is 0 Å². The van der Waals surface area contributed by atoms with Crippen molar-refractivity contribution in [3.63, 3.8) is 0 Å². The number of halogens is 1. The van der Waals surface area contributed by atoms with E-state index in [1.54, 1.807) is 12.1 Å². The molecule has 26 heavy (non-hydrogen) atoms. The molecule has 0 saturated carbocycles. The van der Waals surface area contributed by atoms with Crippen molar-refractivity contribution in [3.05, 3.63) is 45.5 Å². The van der Waals surface area contributed by atoms with E-state index in [9.17, 15) is 9.59 Å². The first-order valence-electron chi connectivity index (χ1n) is 7.78. The van der Waals surface area contributed by atoms with E-state index in [1.807, 2.05) is 13.8 Å². The Morgan fingerprint density at radius 2 is 2.15 bits per heavy atom. The maximum Gasteiger partial charge on any atom is 0.343 e. The normalized spacial score (nSPS) is 11.0. The summed E-state index contributed by atoms with van der Waals surface area (Å²) >= 11 is 5.97. The van der Waals surface area contributed by atoms with Crippen LogP contribution in [0.1, 0.15) is 30.2 Å². The number of rotatable bonds is 5. The summed E-state index contributed by atoms with van der Waals surface area (Å²) in [7, 11) is 1.46. The van der Waals surface area contributed by atoms with Gasteiger partial charge in [-0.05, 0) is 32.0 Å². The lowest BCUT2D eigenvalue weighted by Crippen LogP contribution is -2.19. The number of nitrogens with one attached hydrogen (secondary N) is 3. The standard InChI is InChI=1S/C16H17ClN6O3/c1-8(2)23-16(25)20-14(22-23)13-11(7-18-21-13)19-15(24)10-6-9(17)4-5-12(10)26-3/h4-8H,1-3H3,(H,18,21)(H,19,24)(H,20,22,25). The molecule has 3 aromatic rings. The minimum Gasteiger partial charge on any atom is -0.496 e. The molecule has 1 amide bonds. The molecule has 2 aromatic heterocycles. The summed E-state index contributed by atoms with van der Waals surface area (Å²) in [5.74, 6) is 0.224. The molecule has 0 aliphatic carbocycles. The van der Waals surface area contributed by atoms with Crippen molar-refractivity contribution in [2.24, 2.45) is 0 Å². The molecule has 3 rings (SSSR count). The van der Waals surface area contributed by atoms with Gasteiger partial charge >= 0.3 is 5.69 Å². The highest BCUT2D eigenvalue weighted by Crippen LogP contribution is 2.26. The number of benzene rings is 1. The van der Waals surface area contributed by atoms with E-state index < -0.39 is 5.91 Å². The van der Waals surface area contributed by atoms with E-state index in [1.165, 1.54) is 24.1 Å². The van der Waals surface area contributed by atoms with E-state index in [0.29, 0.717) is 22.2 Å². The maximum atomic E-state index is 12.6. The Morgan fingerprint density at radius 1 is 1.38 bits per heavy atom. The summed E-state index contributed by atoms with van der Waals surface area (Å²) < 4.78 is 6.50. The molecule has 3 N–H and O–H groups in total. The number of hydrogen-bond donors (Lipinski definition) is 3. The van der Waals surface area contributed by atoms with Crippen LogP contribution >= 0.6 is 11.6 Å². The molecular formula is C16H17ClN6O3. The van der Waals surface area contributed by atoms with E-state index >= 15 is 0 Å². The molecule has 0 aliphatic rings. The Labute approximate surface area is 153 Å². The van der Waals surface area contributed by atoms with E-state index in [2.05, 4.69) is 25.6 Å². The predicted molar refractivity (Wildman–Crippen MR) is 96.8 cm³/mol.